The van der Waals surface area contributed by atoms with Crippen LogP contribution in [0.15, 0.2) is 24.3 Å². The number of nitrogens with zero attached hydrogens (tertiary/aromatic N) is 2. The summed E-state index contributed by atoms with van der Waals surface area (Å²) >= 11 is 0. The van der Waals surface area contributed by atoms with E-state index in [1.54, 1.807) is 0 Å². The van der Waals surface area contributed by atoms with Crippen molar-refractivity contribution in [2.45, 2.75) is 206 Å². The number of quaternary nitrogens is 2. The quantitative estimate of drug-likeness (QED) is 0.0604. The summed E-state index contributed by atoms with van der Waals surface area (Å²) in [5.74, 6) is 1.45. The SMILES string of the molecule is CCCCCCCCCCCCCCCC[N+](C)(C)CC(O)COc1ccc(OCC(O)C[N+](C)(C)CCCCCCCCCCCCCCCC)cc1.[Cl-].[Cl-]. The van der Waals surface area contributed by atoms with Gasteiger partial charge in [-0.1, -0.05) is 168 Å². The maximum absolute atomic E-state index is 10.7. The smallest absolute Gasteiger partial charge is 0.137 e. The van der Waals surface area contributed by atoms with Crippen LogP contribution in [-0.4, -0.2) is 99.0 Å². The van der Waals surface area contributed by atoms with Crippen LogP contribution in [0.4, 0.5) is 0 Å². The van der Waals surface area contributed by atoms with Crippen LogP contribution >= 0.6 is 0 Å². The molecule has 0 saturated heterocycles. The standard InChI is InChI=1S/C48H94N2O4.2ClH/c1-7-9-11-13-15-17-19-21-23-25-27-29-31-33-39-49(3,4)41-45(51)43-53-47-35-37-48(38-36-47)54-44-46(52)42-50(5,6)40-34-32-30-28-26-24-22-20-18-16-14-12-10-8-2;;/h35-38,45-46,51-52H,7-34,39-44H2,1-6H3;2*1H/q+2;;/p-2. The summed E-state index contributed by atoms with van der Waals surface area (Å²) in [4.78, 5) is 0. The molecule has 1 rings (SSSR count). The Morgan fingerprint density at radius 2 is 0.607 bits per heavy atom. The Balaban J connectivity index is 0. The first-order chi connectivity index (χ1) is 26.1. The number of benzene rings is 1. The van der Waals surface area contributed by atoms with Crippen molar-refractivity contribution in [3.05, 3.63) is 24.3 Å². The van der Waals surface area contributed by atoms with Crippen molar-refractivity contribution < 1.29 is 53.5 Å². The number of hydrogen-bond donors (Lipinski definition) is 2. The normalized spacial score (nSPS) is 12.9. The number of likely N-dealkylation sites (N-methyl/N-ethyl adjacent to an activating group) is 2. The summed E-state index contributed by atoms with van der Waals surface area (Å²) in [6, 6.07) is 7.55. The first-order valence-corrected chi connectivity index (χ1v) is 23.4. The highest BCUT2D eigenvalue weighted by molar-refractivity contribution is 5.31. The fourth-order valence-electron chi connectivity index (χ4n) is 7.91. The van der Waals surface area contributed by atoms with Gasteiger partial charge in [0.25, 0.3) is 0 Å². The van der Waals surface area contributed by atoms with Crippen molar-refractivity contribution in [3.8, 4) is 11.5 Å². The van der Waals surface area contributed by atoms with Crippen LogP contribution in [0, 0.1) is 0 Å². The topological polar surface area (TPSA) is 58.9 Å². The van der Waals surface area contributed by atoms with E-state index in [4.69, 9.17) is 9.47 Å². The molecule has 0 aliphatic heterocycles. The molecule has 6 nitrogen and oxygen atoms in total. The highest BCUT2D eigenvalue weighted by Gasteiger charge is 2.22. The van der Waals surface area contributed by atoms with Crippen molar-refractivity contribution >= 4 is 0 Å². The van der Waals surface area contributed by atoms with Gasteiger partial charge in [0.15, 0.2) is 0 Å². The lowest BCUT2D eigenvalue weighted by molar-refractivity contribution is -0.893. The number of ether oxygens (including phenoxy) is 2. The van der Waals surface area contributed by atoms with Crippen LogP contribution in [0.3, 0.4) is 0 Å². The molecule has 0 bridgehead atoms. The van der Waals surface area contributed by atoms with E-state index in [-0.39, 0.29) is 38.0 Å². The summed E-state index contributed by atoms with van der Waals surface area (Å²) in [6.07, 6.45) is 37.5. The van der Waals surface area contributed by atoms with Crippen molar-refractivity contribution in [2.75, 3.05) is 67.6 Å². The summed E-state index contributed by atoms with van der Waals surface area (Å²) in [5, 5.41) is 21.4. The molecular weight excluding hydrogens is 739 g/mol. The molecule has 0 saturated carbocycles. The third-order valence-electron chi connectivity index (χ3n) is 11.4. The Labute approximate surface area is 361 Å². The third kappa shape index (κ3) is 36.3. The van der Waals surface area contributed by atoms with E-state index in [0.29, 0.717) is 13.1 Å². The fourth-order valence-corrected chi connectivity index (χ4v) is 7.91. The number of halogens is 2. The molecule has 0 amide bonds. The first-order valence-electron chi connectivity index (χ1n) is 23.4. The molecule has 0 heterocycles. The lowest BCUT2D eigenvalue weighted by atomic mass is 10.0. The average Bonchev–Trinajstić information content (AvgIpc) is 3.13. The van der Waals surface area contributed by atoms with Crippen LogP contribution < -0.4 is 34.3 Å². The van der Waals surface area contributed by atoms with E-state index in [9.17, 15) is 10.2 Å². The Morgan fingerprint density at radius 1 is 0.393 bits per heavy atom. The highest BCUT2D eigenvalue weighted by atomic mass is 35.5. The average molecular weight is 834 g/mol. The van der Waals surface area contributed by atoms with Crippen molar-refractivity contribution in [1.82, 2.24) is 0 Å². The van der Waals surface area contributed by atoms with Crippen molar-refractivity contribution in [1.29, 1.82) is 0 Å². The fraction of sp³-hybridized carbons (Fsp3) is 0.875. The maximum atomic E-state index is 10.7. The number of aliphatic hydroxyl groups excluding tert-OH is 2. The number of rotatable bonds is 40. The predicted octanol–water partition coefficient (Wildman–Crippen LogP) is 6.29. The molecule has 2 unspecified atom stereocenters. The van der Waals surface area contributed by atoms with E-state index in [2.05, 4.69) is 42.0 Å². The van der Waals surface area contributed by atoms with Gasteiger partial charge in [-0.05, 0) is 49.9 Å². The molecule has 0 fully saturated rings. The largest absolute Gasteiger partial charge is 1.00 e. The predicted molar refractivity (Wildman–Crippen MR) is 234 cm³/mol. The van der Waals surface area contributed by atoms with Gasteiger partial charge in [0.05, 0.1) is 41.3 Å². The van der Waals surface area contributed by atoms with Gasteiger partial charge >= 0.3 is 0 Å². The van der Waals surface area contributed by atoms with Gasteiger partial charge in [0, 0.05) is 0 Å². The van der Waals surface area contributed by atoms with Crippen LogP contribution in [-0.2, 0) is 0 Å². The molecule has 2 atom stereocenters. The molecule has 2 N–H and O–H groups in total. The summed E-state index contributed by atoms with van der Waals surface area (Å²) < 4.78 is 13.5. The van der Waals surface area contributed by atoms with Crippen molar-refractivity contribution in [3.63, 3.8) is 0 Å². The Morgan fingerprint density at radius 3 is 0.839 bits per heavy atom. The molecule has 0 aromatic heterocycles. The van der Waals surface area contributed by atoms with E-state index in [1.165, 1.54) is 180 Å². The second-order valence-corrected chi connectivity index (χ2v) is 18.3. The molecule has 1 aromatic carbocycles. The van der Waals surface area contributed by atoms with E-state index >= 15 is 0 Å². The minimum absolute atomic E-state index is 0. The second kappa shape index (κ2) is 38.4. The highest BCUT2D eigenvalue weighted by Crippen LogP contribution is 2.20. The summed E-state index contributed by atoms with van der Waals surface area (Å²) in [6.45, 7) is 8.69. The minimum Gasteiger partial charge on any atom is -1.00 e. The third-order valence-corrected chi connectivity index (χ3v) is 11.4. The molecule has 8 heteroatoms. The Kier molecular flexibility index (Phi) is 39.4. The van der Waals surface area contributed by atoms with Crippen LogP contribution in [0.2, 0.25) is 0 Å². The molecule has 334 valence electrons. The van der Waals surface area contributed by atoms with Gasteiger partial charge in [-0.15, -0.1) is 0 Å². The van der Waals surface area contributed by atoms with Gasteiger partial charge in [0.1, 0.15) is 50.0 Å². The van der Waals surface area contributed by atoms with E-state index in [0.717, 1.165) is 33.6 Å². The van der Waals surface area contributed by atoms with Gasteiger partial charge < -0.3 is 53.5 Å². The zero-order valence-electron chi connectivity index (χ0n) is 37.9. The molecule has 56 heavy (non-hydrogen) atoms. The maximum Gasteiger partial charge on any atom is 0.137 e. The number of hydrogen-bond acceptors (Lipinski definition) is 4. The van der Waals surface area contributed by atoms with E-state index in [1.807, 2.05) is 24.3 Å². The van der Waals surface area contributed by atoms with Gasteiger partial charge in [-0.3, -0.25) is 0 Å². The zero-order valence-corrected chi connectivity index (χ0v) is 39.4. The van der Waals surface area contributed by atoms with Gasteiger partial charge in [-0.25, -0.2) is 0 Å². The number of unbranched alkanes of at least 4 members (excludes halogenated alkanes) is 26. The zero-order chi connectivity index (χ0) is 39.6. The monoisotopic (exact) mass is 833 g/mol. The van der Waals surface area contributed by atoms with Crippen molar-refractivity contribution in [2.24, 2.45) is 0 Å². The second-order valence-electron chi connectivity index (χ2n) is 18.3. The molecule has 1 aromatic rings. The summed E-state index contributed by atoms with van der Waals surface area (Å²) in [5.41, 5.74) is 0. The Hall–Kier alpha value is -0.760. The molecule has 0 radical (unpaired) electrons. The van der Waals surface area contributed by atoms with Gasteiger partial charge in [-0.2, -0.15) is 0 Å². The van der Waals surface area contributed by atoms with Crippen LogP contribution in [0.25, 0.3) is 0 Å². The minimum atomic E-state index is -0.510. The van der Waals surface area contributed by atoms with Gasteiger partial charge in [0.2, 0.25) is 0 Å². The lowest BCUT2D eigenvalue weighted by Gasteiger charge is -2.32. The first kappa shape index (κ1) is 57.3. The Bertz CT molecular complexity index is 875. The number of aliphatic hydroxyl groups is 2. The van der Waals surface area contributed by atoms with Crippen LogP contribution in [0.1, 0.15) is 194 Å². The van der Waals surface area contributed by atoms with Crippen LogP contribution in [0.5, 0.6) is 11.5 Å². The summed E-state index contributed by atoms with van der Waals surface area (Å²) in [7, 11) is 8.86. The molecule has 0 aliphatic rings. The van der Waals surface area contributed by atoms with E-state index < -0.39 is 12.2 Å². The molecule has 0 aliphatic carbocycles. The molecule has 0 spiro atoms. The molecular formula is C48H94Cl2N2O4. The lowest BCUT2D eigenvalue weighted by Crippen LogP contribution is -3.00.